The fourth-order valence-corrected chi connectivity index (χ4v) is 1.41. The van der Waals surface area contributed by atoms with Crippen molar-refractivity contribution in [3.8, 4) is 0 Å². The summed E-state index contributed by atoms with van der Waals surface area (Å²) in [7, 11) is 0. The molecule has 1 fully saturated rings. The van der Waals surface area contributed by atoms with Gasteiger partial charge in [-0.15, -0.1) is 0 Å². The first-order valence-corrected chi connectivity index (χ1v) is 4.68. The average molecular weight is 190 g/mol. The van der Waals surface area contributed by atoms with Crippen LogP contribution in [0.3, 0.4) is 0 Å². The van der Waals surface area contributed by atoms with E-state index in [9.17, 15) is 0 Å². The molecule has 12 heavy (non-hydrogen) atoms. The van der Waals surface area contributed by atoms with Crippen LogP contribution >= 0.6 is 11.6 Å². The van der Waals surface area contributed by atoms with Crippen LogP contribution in [-0.4, -0.2) is 25.3 Å². The van der Waals surface area contributed by atoms with Gasteiger partial charge in [-0.1, -0.05) is 18.2 Å². The Bertz CT molecular complexity index is 164. The highest BCUT2D eigenvalue weighted by Crippen LogP contribution is 2.22. The Labute approximate surface area is 78.9 Å². The van der Waals surface area contributed by atoms with Gasteiger partial charge in [0, 0.05) is 5.03 Å². The predicted octanol–water partition coefficient (Wildman–Crippen LogP) is 1.90. The van der Waals surface area contributed by atoms with E-state index in [1.165, 1.54) is 0 Å². The number of piperidine rings is 1. The maximum Gasteiger partial charge on any atom is 0.0824 e. The highest BCUT2D eigenvalue weighted by atomic mass is 35.5. The molecule has 0 saturated carbocycles. The molecule has 2 nitrogen and oxygen atoms in total. The molecule has 1 N–H and O–H groups in total. The maximum absolute atomic E-state index is 5.66. The quantitative estimate of drug-likeness (QED) is 0.733. The molecule has 0 aliphatic carbocycles. The minimum atomic E-state index is 0.00306. The lowest BCUT2D eigenvalue weighted by Crippen LogP contribution is -2.41. The number of rotatable bonds is 3. The zero-order valence-corrected chi connectivity index (χ0v) is 8.28. The first-order valence-electron chi connectivity index (χ1n) is 4.30. The SMILES string of the molecule is C=C(Cl)COC1(C)CCNCC1. The van der Waals surface area contributed by atoms with E-state index in [4.69, 9.17) is 16.3 Å². The lowest BCUT2D eigenvalue weighted by atomic mass is 9.95. The summed E-state index contributed by atoms with van der Waals surface area (Å²) < 4.78 is 5.66. The Kier molecular flexibility index (Phi) is 3.56. The van der Waals surface area contributed by atoms with Crippen molar-refractivity contribution in [1.82, 2.24) is 5.32 Å². The second-order valence-electron chi connectivity index (χ2n) is 3.51. The molecule has 0 atom stereocenters. The van der Waals surface area contributed by atoms with Gasteiger partial charge in [-0.2, -0.15) is 0 Å². The van der Waals surface area contributed by atoms with Gasteiger partial charge in [0.05, 0.1) is 12.2 Å². The molecule has 1 heterocycles. The monoisotopic (exact) mass is 189 g/mol. The molecule has 0 amide bonds. The molecule has 0 spiro atoms. The molecule has 1 rings (SSSR count). The van der Waals surface area contributed by atoms with E-state index in [0.717, 1.165) is 25.9 Å². The molecule has 3 heteroatoms. The van der Waals surface area contributed by atoms with E-state index >= 15 is 0 Å². The summed E-state index contributed by atoms with van der Waals surface area (Å²) in [5.41, 5.74) is 0.00306. The van der Waals surface area contributed by atoms with Gasteiger partial charge in [-0.05, 0) is 32.9 Å². The normalized spacial score (nSPS) is 22.2. The van der Waals surface area contributed by atoms with Gasteiger partial charge in [-0.3, -0.25) is 0 Å². The molecule has 1 aliphatic rings. The van der Waals surface area contributed by atoms with Crippen LogP contribution in [-0.2, 0) is 4.74 Å². The van der Waals surface area contributed by atoms with Gasteiger partial charge < -0.3 is 10.1 Å². The molecule has 0 aromatic carbocycles. The molecule has 0 bridgehead atoms. The fourth-order valence-electron chi connectivity index (χ4n) is 1.35. The van der Waals surface area contributed by atoms with Crippen LogP contribution in [0.15, 0.2) is 11.6 Å². The number of hydrogen-bond donors (Lipinski definition) is 1. The second-order valence-corrected chi connectivity index (χ2v) is 4.04. The molecule has 0 unspecified atom stereocenters. The van der Waals surface area contributed by atoms with E-state index < -0.39 is 0 Å². The van der Waals surface area contributed by atoms with Crippen molar-refractivity contribution in [3.05, 3.63) is 11.6 Å². The summed E-state index contributed by atoms with van der Waals surface area (Å²) in [5.74, 6) is 0. The first kappa shape index (κ1) is 10.0. The largest absolute Gasteiger partial charge is 0.370 e. The van der Waals surface area contributed by atoms with Crippen molar-refractivity contribution in [2.75, 3.05) is 19.7 Å². The Hall–Kier alpha value is -0.0500. The summed E-state index contributed by atoms with van der Waals surface area (Å²) in [6.45, 7) is 8.26. The van der Waals surface area contributed by atoms with Crippen LogP contribution in [0.1, 0.15) is 19.8 Å². The van der Waals surface area contributed by atoms with Gasteiger partial charge in [0.2, 0.25) is 0 Å². The molecule has 70 valence electrons. The number of halogens is 1. The molecule has 0 radical (unpaired) electrons. The van der Waals surface area contributed by atoms with E-state index in [1.807, 2.05) is 0 Å². The minimum absolute atomic E-state index is 0.00306. The van der Waals surface area contributed by atoms with E-state index in [1.54, 1.807) is 0 Å². The van der Waals surface area contributed by atoms with Gasteiger partial charge in [-0.25, -0.2) is 0 Å². The smallest absolute Gasteiger partial charge is 0.0824 e. The fraction of sp³-hybridized carbons (Fsp3) is 0.778. The van der Waals surface area contributed by atoms with Gasteiger partial charge in [0.15, 0.2) is 0 Å². The topological polar surface area (TPSA) is 21.3 Å². The molecule has 1 aliphatic heterocycles. The molecular formula is C9H16ClNO. The summed E-state index contributed by atoms with van der Waals surface area (Å²) in [5, 5.41) is 3.87. The third-order valence-corrected chi connectivity index (χ3v) is 2.35. The first-order chi connectivity index (χ1) is 5.62. The summed E-state index contributed by atoms with van der Waals surface area (Å²) in [6, 6.07) is 0. The van der Waals surface area contributed by atoms with Crippen molar-refractivity contribution in [1.29, 1.82) is 0 Å². The molecule has 1 saturated heterocycles. The molecule has 0 aromatic heterocycles. The van der Waals surface area contributed by atoms with Gasteiger partial charge >= 0.3 is 0 Å². The summed E-state index contributed by atoms with van der Waals surface area (Å²) in [4.78, 5) is 0. The van der Waals surface area contributed by atoms with Crippen molar-refractivity contribution < 1.29 is 4.74 Å². The van der Waals surface area contributed by atoms with E-state index in [-0.39, 0.29) is 5.60 Å². The Morgan fingerprint density at radius 3 is 2.67 bits per heavy atom. The van der Waals surface area contributed by atoms with Crippen LogP contribution in [0, 0.1) is 0 Å². The highest BCUT2D eigenvalue weighted by Gasteiger charge is 2.27. The highest BCUT2D eigenvalue weighted by molar-refractivity contribution is 6.29. The minimum Gasteiger partial charge on any atom is -0.370 e. The van der Waals surface area contributed by atoms with Crippen molar-refractivity contribution in [3.63, 3.8) is 0 Å². The summed E-state index contributed by atoms with van der Waals surface area (Å²) in [6.07, 6.45) is 2.11. The van der Waals surface area contributed by atoms with Crippen molar-refractivity contribution in [2.45, 2.75) is 25.4 Å². The van der Waals surface area contributed by atoms with Crippen LogP contribution in [0.2, 0.25) is 0 Å². The predicted molar refractivity (Wildman–Crippen MR) is 51.5 cm³/mol. The van der Waals surface area contributed by atoms with Crippen LogP contribution in [0.5, 0.6) is 0 Å². The third-order valence-electron chi connectivity index (χ3n) is 2.24. The Morgan fingerprint density at radius 2 is 2.17 bits per heavy atom. The van der Waals surface area contributed by atoms with Gasteiger partial charge in [0.25, 0.3) is 0 Å². The Balaban J connectivity index is 2.31. The third kappa shape index (κ3) is 3.13. The van der Waals surface area contributed by atoms with Gasteiger partial charge in [0.1, 0.15) is 0 Å². The molecule has 0 aromatic rings. The van der Waals surface area contributed by atoms with Crippen LogP contribution < -0.4 is 5.32 Å². The van der Waals surface area contributed by atoms with Crippen LogP contribution in [0.25, 0.3) is 0 Å². The Morgan fingerprint density at radius 1 is 1.58 bits per heavy atom. The van der Waals surface area contributed by atoms with Crippen LogP contribution in [0.4, 0.5) is 0 Å². The standard InChI is InChI=1S/C9H16ClNO/c1-8(10)7-12-9(2)3-5-11-6-4-9/h11H,1,3-7H2,2H3. The zero-order chi connectivity index (χ0) is 9.03. The number of ether oxygens (including phenoxy) is 1. The number of hydrogen-bond acceptors (Lipinski definition) is 2. The molecular weight excluding hydrogens is 174 g/mol. The lowest BCUT2D eigenvalue weighted by molar-refractivity contribution is -0.0386. The summed E-state index contributed by atoms with van der Waals surface area (Å²) >= 11 is 5.62. The number of nitrogens with one attached hydrogen (secondary N) is 1. The van der Waals surface area contributed by atoms with Crippen molar-refractivity contribution in [2.24, 2.45) is 0 Å². The maximum atomic E-state index is 5.66. The average Bonchev–Trinajstić information content (AvgIpc) is 2.03. The lowest BCUT2D eigenvalue weighted by Gasteiger charge is -2.33. The van der Waals surface area contributed by atoms with E-state index in [2.05, 4.69) is 18.8 Å². The van der Waals surface area contributed by atoms with E-state index in [0.29, 0.717) is 11.6 Å². The second kappa shape index (κ2) is 4.26. The van der Waals surface area contributed by atoms with Crippen molar-refractivity contribution >= 4 is 11.6 Å². The zero-order valence-electron chi connectivity index (χ0n) is 7.53.